The van der Waals surface area contributed by atoms with Crippen LogP contribution in [0.2, 0.25) is 0 Å². The zero-order valence-electron chi connectivity index (χ0n) is 20.0. The molecular formula is C34H29N. The normalized spacial score (nSPS) is 11.4. The number of hydrogen-bond acceptors (Lipinski definition) is 1. The average Bonchev–Trinajstić information content (AvgIpc) is 2.91. The fourth-order valence-electron chi connectivity index (χ4n) is 4.52. The molecule has 0 heterocycles. The third kappa shape index (κ3) is 5.10. The SMILES string of the molecule is Cc1ccc(-c2ccc(-c3ccccc3)c(/C=C(\Cc3ccccc3)c3ccccc3)c2N)cc1. The molecule has 0 spiro atoms. The molecule has 0 saturated heterocycles. The molecule has 0 aromatic heterocycles. The second-order valence-electron chi connectivity index (χ2n) is 8.92. The Kier molecular flexibility index (Phi) is 6.59. The molecule has 5 aromatic rings. The Balaban J connectivity index is 1.72. The van der Waals surface area contributed by atoms with Gasteiger partial charge < -0.3 is 5.73 Å². The smallest absolute Gasteiger partial charge is 0.0473 e. The van der Waals surface area contributed by atoms with E-state index >= 15 is 0 Å². The van der Waals surface area contributed by atoms with Gasteiger partial charge >= 0.3 is 0 Å². The van der Waals surface area contributed by atoms with Crippen molar-refractivity contribution in [1.29, 1.82) is 0 Å². The summed E-state index contributed by atoms with van der Waals surface area (Å²) < 4.78 is 0. The summed E-state index contributed by atoms with van der Waals surface area (Å²) in [7, 11) is 0. The quantitative estimate of drug-likeness (QED) is 0.203. The molecule has 1 nitrogen and oxygen atoms in total. The summed E-state index contributed by atoms with van der Waals surface area (Å²) in [5.41, 5.74) is 18.3. The van der Waals surface area contributed by atoms with Gasteiger partial charge in [-0.2, -0.15) is 0 Å². The van der Waals surface area contributed by atoms with E-state index in [4.69, 9.17) is 5.73 Å². The van der Waals surface area contributed by atoms with Crippen molar-refractivity contribution < 1.29 is 0 Å². The third-order valence-corrected chi connectivity index (χ3v) is 6.44. The number of nitrogens with two attached hydrogens (primary N) is 1. The number of aryl methyl sites for hydroxylation is 1. The fourth-order valence-corrected chi connectivity index (χ4v) is 4.52. The monoisotopic (exact) mass is 451 g/mol. The number of anilines is 1. The molecule has 0 fully saturated rings. The van der Waals surface area contributed by atoms with Crippen molar-refractivity contribution in [3.63, 3.8) is 0 Å². The molecule has 170 valence electrons. The van der Waals surface area contributed by atoms with Crippen molar-refractivity contribution in [2.75, 3.05) is 5.73 Å². The van der Waals surface area contributed by atoms with E-state index in [-0.39, 0.29) is 0 Å². The standard InChI is InChI=1S/C34H29N/c1-25-17-19-29(20-18-25)32-22-21-31(28-15-9-4-10-16-28)33(34(32)35)24-30(27-13-7-3-8-14-27)23-26-11-5-2-6-12-26/h2-22,24H,23,35H2,1H3/b30-24+. The Morgan fingerprint density at radius 3 is 1.80 bits per heavy atom. The van der Waals surface area contributed by atoms with Crippen molar-refractivity contribution in [2.24, 2.45) is 0 Å². The van der Waals surface area contributed by atoms with Crippen LogP contribution in [-0.4, -0.2) is 0 Å². The summed E-state index contributed by atoms with van der Waals surface area (Å²) >= 11 is 0. The topological polar surface area (TPSA) is 26.0 Å². The number of nitrogen functional groups attached to an aromatic ring is 1. The van der Waals surface area contributed by atoms with Gasteiger partial charge in [0.25, 0.3) is 0 Å². The average molecular weight is 452 g/mol. The highest BCUT2D eigenvalue weighted by Crippen LogP contribution is 2.38. The van der Waals surface area contributed by atoms with Crippen LogP contribution in [0.25, 0.3) is 33.9 Å². The van der Waals surface area contributed by atoms with E-state index < -0.39 is 0 Å². The minimum Gasteiger partial charge on any atom is -0.398 e. The summed E-state index contributed by atoms with van der Waals surface area (Å²) in [5.74, 6) is 0. The molecule has 0 aliphatic heterocycles. The van der Waals surface area contributed by atoms with E-state index in [1.807, 2.05) is 6.07 Å². The van der Waals surface area contributed by atoms with Gasteiger partial charge in [-0.3, -0.25) is 0 Å². The largest absolute Gasteiger partial charge is 0.398 e. The number of rotatable bonds is 6. The molecule has 5 aromatic carbocycles. The minimum atomic E-state index is 0.802. The van der Waals surface area contributed by atoms with E-state index in [2.05, 4.69) is 134 Å². The van der Waals surface area contributed by atoms with Gasteiger partial charge in [0.2, 0.25) is 0 Å². The molecule has 0 bridgehead atoms. The molecule has 35 heavy (non-hydrogen) atoms. The van der Waals surface area contributed by atoms with Crippen LogP contribution in [-0.2, 0) is 6.42 Å². The number of hydrogen-bond donors (Lipinski definition) is 1. The molecule has 0 unspecified atom stereocenters. The lowest BCUT2D eigenvalue weighted by Gasteiger charge is -2.17. The highest BCUT2D eigenvalue weighted by atomic mass is 14.6. The molecule has 1 heteroatoms. The number of benzene rings is 5. The predicted molar refractivity (Wildman–Crippen MR) is 151 cm³/mol. The van der Waals surface area contributed by atoms with Crippen LogP contribution >= 0.6 is 0 Å². The van der Waals surface area contributed by atoms with E-state index in [0.29, 0.717) is 0 Å². The first-order chi connectivity index (χ1) is 17.2. The van der Waals surface area contributed by atoms with Crippen LogP contribution in [0.1, 0.15) is 22.3 Å². The molecule has 0 aliphatic rings. The summed E-state index contributed by atoms with van der Waals surface area (Å²) in [6.45, 7) is 2.11. The fraction of sp³-hybridized carbons (Fsp3) is 0.0588. The second kappa shape index (κ2) is 10.3. The molecule has 0 aliphatic carbocycles. The Morgan fingerprint density at radius 2 is 1.14 bits per heavy atom. The first-order valence-electron chi connectivity index (χ1n) is 12.0. The van der Waals surface area contributed by atoms with Crippen LogP contribution in [0.4, 0.5) is 5.69 Å². The Hall–Kier alpha value is -4.36. The van der Waals surface area contributed by atoms with E-state index in [0.717, 1.165) is 39.9 Å². The van der Waals surface area contributed by atoms with Gasteiger partial charge in [-0.15, -0.1) is 0 Å². The van der Waals surface area contributed by atoms with Crippen molar-refractivity contribution in [2.45, 2.75) is 13.3 Å². The Morgan fingerprint density at radius 1 is 0.600 bits per heavy atom. The van der Waals surface area contributed by atoms with E-state index in [1.165, 1.54) is 22.3 Å². The van der Waals surface area contributed by atoms with E-state index in [1.54, 1.807) is 0 Å². The van der Waals surface area contributed by atoms with Crippen LogP contribution < -0.4 is 5.73 Å². The van der Waals surface area contributed by atoms with Crippen LogP contribution in [0.3, 0.4) is 0 Å². The second-order valence-corrected chi connectivity index (χ2v) is 8.92. The van der Waals surface area contributed by atoms with Crippen molar-refractivity contribution in [1.82, 2.24) is 0 Å². The van der Waals surface area contributed by atoms with Gasteiger partial charge in [-0.05, 0) is 52.8 Å². The Labute approximate surface area is 208 Å². The zero-order chi connectivity index (χ0) is 24.0. The lowest BCUT2D eigenvalue weighted by Crippen LogP contribution is -1.99. The summed E-state index contributed by atoms with van der Waals surface area (Å²) in [6.07, 6.45) is 3.12. The molecular weight excluding hydrogens is 422 g/mol. The molecule has 2 N–H and O–H groups in total. The lowest BCUT2D eigenvalue weighted by molar-refractivity contribution is 1.29. The Bertz CT molecular complexity index is 1430. The summed E-state index contributed by atoms with van der Waals surface area (Å²) in [4.78, 5) is 0. The maximum atomic E-state index is 6.97. The molecule has 5 rings (SSSR count). The molecule has 0 amide bonds. The van der Waals surface area contributed by atoms with Gasteiger partial charge in [-0.1, -0.05) is 133 Å². The number of allylic oxidation sites excluding steroid dienone is 1. The highest BCUT2D eigenvalue weighted by molar-refractivity contribution is 5.96. The third-order valence-electron chi connectivity index (χ3n) is 6.44. The van der Waals surface area contributed by atoms with Crippen LogP contribution in [0, 0.1) is 6.92 Å². The molecule has 0 radical (unpaired) electrons. The van der Waals surface area contributed by atoms with Gasteiger partial charge in [0.1, 0.15) is 0 Å². The predicted octanol–water partition coefficient (Wildman–Crippen LogP) is 8.69. The van der Waals surface area contributed by atoms with Gasteiger partial charge in [0, 0.05) is 16.8 Å². The summed E-state index contributed by atoms with van der Waals surface area (Å²) in [6, 6.07) is 44.7. The lowest BCUT2D eigenvalue weighted by atomic mass is 9.89. The minimum absolute atomic E-state index is 0.802. The van der Waals surface area contributed by atoms with Gasteiger partial charge in [0.15, 0.2) is 0 Å². The maximum Gasteiger partial charge on any atom is 0.0473 e. The maximum absolute atomic E-state index is 6.97. The van der Waals surface area contributed by atoms with Crippen molar-refractivity contribution in [3.05, 3.63) is 150 Å². The first-order valence-corrected chi connectivity index (χ1v) is 12.0. The summed E-state index contributed by atoms with van der Waals surface area (Å²) in [5, 5.41) is 0. The first kappa shape index (κ1) is 22.4. The van der Waals surface area contributed by atoms with Gasteiger partial charge in [0.05, 0.1) is 0 Å². The van der Waals surface area contributed by atoms with Crippen LogP contribution in [0.5, 0.6) is 0 Å². The van der Waals surface area contributed by atoms with E-state index in [9.17, 15) is 0 Å². The van der Waals surface area contributed by atoms with Crippen molar-refractivity contribution in [3.8, 4) is 22.3 Å². The molecule has 0 saturated carbocycles. The highest BCUT2D eigenvalue weighted by Gasteiger charge is 2.14. The zero-order valence-corrected chi connectivity index (χ0v) is 20.0. The van der Waals surface area contributed by atoms with Crippen molar-refractivity contribution >= 4 is 17.3 Å². The molecule has 0 atom stereocenters. The van der Waals surface area contributed by atoms with Crippen LogP contribution in [0.15, 0.2) is 127 Å². The van der Waals surface area contributed by atoms with Gasteiger partial charge in [-0.25, -0.2) is 0 Å².